The van der Waals surface area contributed by atoms with Crippen LogP contribution in [-0.4, -0.2) is 28.5 Å². The van der Waals surface area contributed by atoms with E-state index in [9.17, 15) is 20.2 Å². The Morgan fingerprint density at radius 2 is 1.94 bits per heavy atom. The molecule has 0 atom stereocenters. The molecular weight excluding hydrogens is 244 g/mol. The standard InChI is InChI=1S/C9H12N4O5/c1-3-4-10-8-6(12(14)15)5-7(13(16)17)9(11-8)18-2/h5H,3-4H2,1-2H3,(H,10,11). The number of aromatic nitrogens is 1. The zero-order valence-corrected chi connectivity index (χ0v) is 9.87. The van der Waals surface area contributed by atoms with Gasteiger partial charge in [0.25, 0.3) is 5.88 Å². The first-order valence-corrected chi connectivity index (χ1v) is 5.13. The molecule has 0 aliphatic heterocycles. The monoisotopic (exact) mass is 256 g/mol. The fraction of sp³-hybridized carbons (Fsp3) is 0.444. The van der Waals surface area contributed by atoms with Gasteiger partial charge in [-0.15, -0.1) is 0 Å². The largest absolute Gasteiger partial charge is 0.476 e. The minimum absolute atomic E-state index is 0.0377. The first kappa shape index (κ1) is 13.6. The third-order valence-corrected chi connectivity index (χ3v) is 2.08. The second-order valence-electron chi connectivity index (χ2n) is 3.33. The van der Waals surface area contributed by atoms with E-state index in [4.69, 9.17) is 4.74 Å². The van der Waals surface area contributed by atoms with E-state index in [2.05, 4.69) is 10.3 Å². The summed E-state index contributed by atoms with van der Waals surface area (Å²) in [7, 11) is 1.21. The van der Waals surface area contributed by atoms with E-state index in [1.165, 1.54) is 7.11 Å². The highest BCUT2D eigenvalue weighted by Gasteiger charge is 2.26. The minimum Gasteiger partial charge on any atom is -0.476 e. The molecule has 0 saturated carbocycles. The van der Waals surface area contributed by atoms with Gasteiger partial charge in [0.1, 0.15) is 6.07 Å². The summed E-state index contributed by atoms with van der Waals surface area (Å²) in [6.07, 6.45) is 0.734. The number of hydrogen-bond donors (Lipinski definition) is 1. The molecule has 1 aromatic heterocycles. The van der Waals surface area contributed by atoms with Crippen LogP contribution in [0.25, 0.3) is 0 Å². The third-order valence-electron chi connectivity index (χ3n) is 2.08. The summed E-state index contributed by atoms with van der Waals surface area (Å²) in [6.45, 7) is 2.34. The molecule has 0 amide bonds. The van der Waals surface area contributed by atoms with Gasteiger partial charge >= 0.3 is 11.4 Å². The van der Waals surface area contributed by atoms with Gasteiger partial charge in [0, 0.05) is 6.54 Å². The van der Waals surface area contributed by atoms with Crippen molar-refractivity contribution in [1.29, 1.82) is 0 Å². The van der Waals surface area contributed by atoms with E-state index < -0.39 is 21.2 Å². The smallest absolute Gasteiger partial charge is 0.337 e. The molecule has 0 aromatic carbocycles. The highest BCUT2D eigenvalue weighted by Crippen LogP contribution is 2.33. The van der Waals surface area contributed by atoms with Gasteiger partial charge in [-0.25, -0.2) is 0 Å². The van der Waals surface area contributed by atoms with E-state index in [0.717, 1.165) is 12.5 Å². The van der Waals surface area contributed by atoms with Crippen molar-refractivity contribution < 1.29 is 14.6 Å². The van der Waals surface area contributed by atoms with Crippen molar-refractivity contribution in [3.63, 3.8) is 0 Å². The SMILES string of the molecule is CCCNc1nc(OC)c([N+](=O)[O-])cc1[N+](=O)[O-]. The fourth-order valence-electron chi connectivity index (χ4n) is 1.27. The van der Waals surface area contributed by atoms with Crippen LogP contribution >= 0.6 is 0 Å². The highest BCUT2D eigenvalue weighted by molar-refractivity contribution is 5.63. The molecule has 0 bridgehead atoms. The molecule has 9 heteroatoms. The lowest BCUT2D eigenvalue weighted by molar-refractivity contribution is -0.394. The summed E-state index contributed by atoms with van der Waals surface area (Å²) in [4.78, 5) is 23.8. The van der Waals surface area contributed by atoms with E-state index >= 15 is 0 Å². The van der Waals surface area contributed by atoms with Crippen LogP contribution in [0, 0.1) is 20.2 Å². The van der Waals surface area contributed by atoms with E-state index in [-0.39, 0.29) is 11.7 Å². The summed E-state index contributed by atoms with van der Waals surface area (Å²) in [6, 6.07) is 0.837. The molecule has 98 valence electrons. The normalized spacial score (nSPS) is 9.89. The second kappa shape index (κ2) is 5.75. The number of nitrogens with zero attached hydrogens (tertiary/aromatic N) is 3. The number of ether oxygens (including phenoxy) is 1. The predicted molar refractivity (Wildman–Crippen MR) is 62.9 cm³/mol. The summed E-state index contributed by atoms with van der Waals surface area (Å²) in [5.74, 6) is -0.298. The van der Waals surface area contributed by atoms with Crippen molar-refractivity contribution in [3.05, 3.63) is 26.3 Å². The van der Waals surface area contributed by atoms with Crippen LogP contribution in [-0.2, 0) is 0 Å². The molecule has 18 heavy (non-hydrogen) atoms. The quantitative estimate of drug-likeness (QED) is 0.607. The number of hydrogen-bond acceptors (Lipinski definition) is 7. The van der Waals surface area contributed by atoms with Gasteiger partial charge in [-0.05, 0) is 6.42 Å². The third kappa shape index (κ3) is 2.81. The van der Waals surface area contributed by atoms with Crippen molar-refractivity contribution in [2.45, 2.75) is 13.3 Å². The maximum atomic E-state index is 10.8. The predicted octanol–water partition coefficient (Wildman–Crippen LogP) is 1.73. The molecule has 1 N–H and O–H groups in total. The Morgan fingerprint density at radius 1 is 1.33 bits per heavy atom. The van der Waals surface area contributed by atoms with Crippen LogP contribution in [0.2, 0.25) is 0 Å². The summed E-state index contributed by atoms with van der Waals surface area (Å²) in [5.41, 5.74) is -0.984. The molecule has 1 aromatic rings. The zero-order chi connectivity index (χ0) is 13.7. The molecule has 9 nitrogen and oxygen atoms in total. The maximum Gasteiger partial charge on any atom is 0.337 e. The molecule has 0 aliphatic carbocycles. The lowest BCUT2D eigenvalue weighted by Gasteiger charge is -2.07. The van der Waals surface area contributed by atoms with Gasteiger partial charge in [-0.1, -0.05) is 6.92 Å². The summed E-state index contributed by atoms with van der Waals surface area (Å²) < 4.78 is 4.75. The van der Waals surface area contributed by atoms with Crippen molar-refractivity contribution in [2.24, 2.45) is 0 Å². The number of anilines is 1. The molecule has 0 spiro atoms. The zero-order valence-electron chi connectivity index (χ0n) is 9.87. The number of nitro groups is 2. The van der Waals surface area contributed by atoms with Crippen molar-refractivity contribution >= 4 is 17.2 Å². The molecule has 0 fully saturated rings. The minimum atomic E-state index is -0.775. The average molecular weight is 256 g/mol. The number of nitrogens with one attached hydrogen (secondary N) is 1. The Morgan fingerprint density at radius 3 is 2.39 bits per heavy atom. The van der Waals surface area contributed by atoms with E-state index in [1.807, 2.05) is 6.92 Å². The molecule has 0 saturated heterocycles. The topological polar surface area (TPSA) is 120 Å². The van der Waals surface area contributed by atoms with Gasteiger partial charge in [-0.3, -0.25) is 20.2 Å². The van der Waals surface area contributed by atoms with Crippen LogP contribution in [0.5, 0.6) is 5.88 Å². The van der Waals surface area contributed by atoms with Gasteiger partial charge < -0.3 is 10.1 Å². The van der Waals surface area contributed by atoms with Crippen LogP contribution in [0.4, 0.5) is 17.2 Å². The Labute approximate surface area is 102 Å². The molecule has 1 rings (SSSR count). The van der Waals surface area contributed by atoms with E-state index in [0.29, 0.717) is 6.54 Å². The molecule has 0 aliphatic rings. The van der Waals surface area contributed by atoms with Gasteiger partial charge in [0.05, 0.1) is 17.0 Å². The average Bonchev–Trinajstić information content (AvgIpc) is 2.34. The molecule has 0 unspecified atom stereocenters. The van der Waals surface area contributed by atoms with E-state index in [1.54, 1.807) is 0 Å². The van der Waals surface area contributed by atoms with Crippen molar-refractivity contribution in [2.75, 3.05) is 19.0 Å². The summed E-state index contributed by atoms with van der Waals surface area (Å²) >= 11 is 0. The van der Waals surface area contributed by atoms with Crippen LogP contribution in [0.1, 0.15) is 13.3 Å². The molecule has 1 heterocycles. The Balaban J connectivity index is 3.32. The molecular formula is C9H12N4O5. The Kier molecular flexibility index (Phi) is 4.35. The van der Waals surface area contributed by atoms with Crippen molar-refractivity contribution in [1.82, 2.24) is 4.98 Å². The fourth-order valence-corrected chi connectivity index (χ4v) is 1.27. The van der Waals surface area contributed by atoms with Crippen LogP contribution in [0.15, 0.2) is 6.07 Å². The first-order valence-electron chi connectivity index (χ1n) is 5.13. The Hall–Kier alpha value is -2.45. The maximum absolute atomic E-state index is 10.8. The van der Waals surface area contributed by atoms with Crippen molar-refractivity contribution in [3.8, 4) is 5.88 Å². The molecule has 0 radical (unpaired) electrons. The van der Waals surface area contributed by atoms with Crippen LogP contribution in [0.3, 0.4) is 0 Å². The lowest BCUT2D eigenvalue weighted by atomic mass is 10.3. The Bertz CT molecular complexity index is 476. The number of rotatable bonds is 6. The van der Waals surface area contributed by atoms with Gasteiger partial charge in [0.15, 0.2) is 0 Å². The van der Waals surface area contributed by atoms with Gasteiger partial charge in [-0.2, -0.15) is 4.98 Å². The highest BCUT2D eigenvalue weighted by atomic mass is 16.6. The lowest BCUT2D eigenvalue weighted by Crippen LogP contribution is -2.07. The summed E-state index contributed by atoms with van der Waals surface area (Å²) in [5, 5.41) is 24.3. The van der Waals surface area contributed by atoms with Crippen LogP contribution < -0.4 is 10.1 Å². The second-order valence-corrected chi connectivity index (χ2v) is 3.33. The first-order chi connectivity index (χ1) is 8.51. The number of pyridine rings is 1. The van der Waals surface area contributed by atoms with Gasteiger partial charge in [0.2, 0.25) is 5.82 Å². The number of methoxy groups -OCH3 is 1.